The van der Waals surface area contributed by atoms with Crippen LogP contribution in [0.5, 0.6) is 11.5 Å². The molecule has 28 nitrogen and oxygen atoms in total. The van der Waals surface area contributed by atoms with Crippen molar-refractivity contribution in [1.82, 2.24) is 56.4 Å². The highest BCUT2D eigenvalue weighted by Gasteiger charge is 2.24. The smallest absolute Gasteiger partial charge is 0.275 e. The first-order chi connectivity index (χ1) is 69.2. The summed E-state index contributed by atoms with van der Waals surface area (Å²) in [6.45, 7) is 14.3. The van der Waals surface area contributed by atoms with Crippen molar-refractivity contribution in [3.63, 3.8) is 0 Å². The molecule has 143 heavy (non-hydrogen) atoms. The van der Waals surface area contributed by atoms with E-state index in [1.165, 1.54) is 52.8 Å². The molecule has 0 saturated heterocycles. The lowest BCUT2D eigenvalue weighted by Crippen LogP contribution is -2.30. The lowest BCUT2D eigenvalue weighted by molar-refractivity contribution is 0.0945. The van der Waals surface area contributed by atoms with E-state index in [2.05, 4.69) is 98.2 Å². The second-order valence-corrected chi connectivity index (χ2v) is 37.0. The molecule has 0 fully saturated rings. The summed E-state index contributed by atoms with van der Waals surface area (Å²) in [6.07, 6.45) is 16.8. The van der Waals surface area contributed by atoms with Crippen LogP contribution in [0.25, 0.3) is 65.3 Å². The zero-order valence-electron chi connectivity index (χ0n) is 79.4. The van der Waals surface area contributed by atoms with E-state index in [1.807, 2.05) is 260 Å². The molecule has 716 valence electrons. The van der Waals surface area contributed by atoms with Crippen LogP contribution in [-0.2, 0) is 20.0 Å². The van der Waals surface area contributed by atoms with E-state index in [9.17, 15) is 40.8 Å². The van der Waals surface area contributed by atoms with Crippen LogP contribution in [0, 0.1) is 34.6 Å². The number of carbonyl (C=O) groups excluding carboxylic acids is 5. The number of hydrogen-bond acceptors (Lipinski definition) is 21. The van der Waals surface area contributed by atoms with Crippen LogP contribution in [0.1, 0.15) is 121 Å². The molecule has 0 atom stereocenters. The molecule has 0 unspecified atom stereocenters. The van der Waals surface area contributed by atoms with Gasteiger partial charge in [-0.1, -0.05) is 194 Å². The van der Waals surface area contributed by atoms with E-state index in [-0.39, 0.29) is 33.1 Å². The number of hydrazone groups is 5. The lowest BCUT2D eigenvalue weighted by Gasteiger charge is -2.18. The van der Waals surface area contributed by atoms with Gasteiger partial charge in [0.15, 0.2) is 0 Å². The van der Waals surface area contributed by atoms with Crippen molar-refractivity contribution in [1.29, 1.82) is 0 Å². The number of ether oxygens (including phenoxy) is 1. The Morgan fingerprint density at radius 3 is 1.11 bits per heavy atom. The molecule has 0 aliphatic heterocycles. The van der Waals surface area contributed by atoms with E-state index in [0.29, 0.717) is 52.5 Å². The summed E-state index contributed by atoms with van der Waals surface area (Å²) in [4.78, 5) is 86.5. The van der Waals surface area contributed by atoms with Gasteiger partial charge in [-0.05, 0) is 225 Å². The van der Waals surface area contributed by atoms with Crippen molar-refractivity contribution in [2.45, 2.75) is 58.3 Å². The van der Waals surface area contributed by atoms with Crippen molar-refractivity contribution in [3.05, 3.63) is 434 Å². The van der Waals surface area contributed by atoms with E-state index in [0.717, 1.165) is 131 Å². The van der Waals surface area contributed by atoms with Crippen LogP contribution in [0.4, 0.5) is 11.4 Å². The largest absolute Gasteiger partial charge is 0.457 e. The Bertz CT molecular complexity index is 8110. The monoisotopic (exact) mass is 2000 g/mol. The van der Waals surface area contributed by atoms with Crippen molar-refractivity contribution < 1.29 is 45.5 Å². The fourth-order valence-corrected chi connectivity index (χ4v) is 17.9. The number of rotatable bonds is 25. The number of nitrogens with one attached hydrogen (secondary N) is 6. The summed E-state index contributed by atoms with van der Waals surface area (Å²) < 4.78 is 60.8. The molecule has 0 aliphatic rings. The number of aryl methyl sites for hydroxylation is 5. The van der Waals surface area contributed by atoms with Crippen LogP contribution in [0.3, 0.4) is 0 Å². The average Bonchev–Trinajstić information content (AvgIpc) is 0.838. The van der Waals surface area contributed by atoms with Crippen LogP contribution in [0.15, 0.2) is 386 Å². The van der Waals surface area contributed by atoms with Crippen molar-refractivity contribution in [3.8, 4) is 11.5 Å². The van der Waals surface area contributed by atoms with E-state index >= 15 is 0 Å². The van der Waals surface area contributed by atoms with Gasteiger partial charge in [0, 0.05) is 151 Å². The van der Waals surface area contributed by atoms with Gasteiger partial charge in [-0.15, -0.1) is 0 Å². The van der Waals surface area contributed by atoms with E-state index in [4.69, 9.17) is 4.74 Å². The molecule has 5 heterocycles. The molecule has 0 spiro atoms. The summed E-state index contributed by atoms with van der Waals surface area (Å²) in [7, 11) is -3.45. The SMILES string of the molecule is CCN(CC)S(=O)(=O)c1cccc(C(=O)N/N=C/c2ccc(C)c3ncccc23)c1.Cc1ccc(/C=N/NC(=O)c2ccc(N(C)C)cc2)c2cccnc12.Cc1ccc(/C=N/NC(=O)c2ccc(NS(=O)(=O)c3ccc(Br)cc3)cc2)c2cccnc12.Cc1ccc(/C=N/NC(=O)c2cccc3ccccc23)c2cccnc12.Cc1ccc(/C=N/NC(=O)c2ccccc2Oc2ccccc2)c2cccnc12. The van der Waals surface area contributed by atoms with Crippen LogP contribution < -0.4 is 41.5 Å². The Kier molecular flexibility index (Phi) is 34.3. The zero-order chi connectivity index (χ0) is 101. The number of sulfonamides is 2. The molecular weight excluding hydrogens is 1900 g/mol. The number of para-hydroxylation sites is 2. The minimum absolute atomic E-state index is 0.0819. The van der Waals surface area contributed by atoms with Gasteiger partial charge in [-0.2, -0.15) is 29.8 Å². The molecule has 0 saturated carbocycles. The maximum Gasteiger partial charge on any atom is 0.275 e. The number of nitrogens with zero attached hydrogens (tertiary/aromatic N) is 12. The van der Waals surface area contributed by atoms with E-state index in [1.54, 1.807) is 137 Å². The molecule has 0 bridgehead atoms. The molecular formula is C112H99BrN18O10S2. The van der Waals surface area contributed by atoms with Gasteiger partial charge in [0.25, 0.3) is 39.6 Å². The first-order valence-electron chi connectivity index (χ1n) is 45.2. The molecule has 5 aromatic heterocycles. The molecule has 0 aliphatic carbocycles. The van der Waals surface area contributed by atoms with Gasteiger partial charge in [0.05, 0.1) is 74.0 Å². The van der Waals surface area contributed by atoms with Gasteiger partial charge in [0.1, 0.15) is 11.5 Å². The quantitative estimate of drug-likeness (QED) is 0.0229. The summed E-state index contributed by atoms with van der Waals surface area (Å²) in [5.41, 5.74) is 30.6. The number of anilines is 2. The Morgan fingerprint density at radius 2 is 0.692 bits per heavy atom. The number of fused-ring (bicyclic) bond motifs is 6. The zero-order valence-corrected chi connectivity index (χ0v) is 82.6. The van der Waals surface area contributed by atoms with Crippen LogP contribution >= 0.6 is 15.9 Å². The maximum atomic E-state index is 12.7. The van der Waals surface area contributed by atoms with Gasteiger partial charge in [0.2, 0.25) is 10.0 Å². The van der Waals surface area contributed by atoms with Gasteiger partial charge in [-0.3, -0.25) is 53.6 Å². The standard InChI is InChI=1S/C24H19BrN4O3S.C24H19N3O2.C22H24N4O3S.C22H17N3O.C20H20N4O/c1-16-4-5-18(22-3-2-14-26-23(16)22)15-27-28-24(30)17-6-10-20(11-7-17)29-33(31,32)21-12-8-19(25)9-13-21;1-17-13-14-18(20-11-7-15-25-23(17)20)16-26-27-24(28)21-10-5-6-12-22(21)29-19-8-3-2-4-9-19;1-4-26(5-2)30(28,29)19-9-6-8-17(14-19)22(27)25-24-15-18-12-11-16(3)21-20(18)10-7-13-23-21;1-15-11-12-17(19-10-5-13-23-21(15)19)14-24-25-22(26)20-9-4-7-16-6-2-3-8-18(16)20;1-14-6-7-16(18-5-4-12-21-19(14)18)13-22-23-20(25)15-8-10-17(11-9-15)24(2)3/h2-15,29H,1H3,(H,28,30);2-16H,1H3,(H,27,28);6-15H,4-5H2,1-3H3,(H,25,27);2-14H,1H3,(H,25,26);4-13H,1-3H3,(H,23,25)/b27-15+;26-16+;24-15+;24-14+;22-13+. The predicted octanol–water partition coefficient (Wildman–Crippen LogP) is 21.1. The average molecular weight is 2000 g/mol. The van der Waals surface area contributed by atoms with Crippen molar-refractivity contribution in [2.24, 2.45) is 25.5 Å². The third-order valence-electron chi connectivity index (χ3n) is 22.6. The summed E-state index contributed by atoms with van der Waals surface area (Å²) in [5.74, 6) is -0.585. The number of benzene rings is 13. The third-order valence-corrected chi connectivity index (χ3v) is 26.6. The predicted molar refractivity (Wildman–Crippen MR) is 573 cm³/mol. The normalized spacial score (nSPS) is 11.4. The molecule has 0 radical (unpaired) electrons. The third kappa shape index (κ3) is 26.2. The number of amides is 5. The molecule has 18 aromatic rings. The Balaban J connectivity index is 0.000000142. The van der Waals surface area contributed by atoms with Crippen LogP contribution in [-0.4, -0.2) is 134 Å². The van der Waals surface area contributed by atoms with Crippen molar-refractivity contribution >= 4 is 173 Å². The molecule has 5 amide bonds. The van der Waals surface area contributed by atoms with E-state index < -0.39 is 31.9 Å². The topological polar surface area (TPSA) is 368 Å². The number of aromatic nitrogens is 5. The Labute approximate surface area is 835 Å². The van der Waals surface area contributed by atoms with Crippen molar-refractivity contribution in [2.75, 3.05) is 36.8 Å². The highest BCUT2D eigenvalue weighted by atomic mass is 79.9. The maximum absolute atomic E-state index is 12.7. The first-order valence-corrected chi connectivity index (χ1v) is 48.9. The first kappa shape index (κ1) is 102. The molecule has 18 rings (SSSR count). The number of hydrogen-bond donors (Lipinski definition) is 6. The number of pyridine rings is 5. The summed E-state index contributed by atoms with van der Waals surface area (Å²) >= 11 is 3.28. The van der Waals surface area contributed by atoms with Gasteiger partial charge < -0.3 is 9.64 Å². The summed E-state index contributed by atoms with van der Waals surface area (Å²) in [5, 5.41) is 27.3. The Hall–Kier alpha value is -17.4. The molecule has 31 heteroatoms. The van der Waals surface area contributed by atoms with Crippen LogP contribution in [0.2, 0.25) is 0 Å². The van der Waals surface area contributed by atoms with Gasteiger partial charge in [-0.25, -0.2) is 44.0 Å². The second kappa shape index (κ2) is 48.3. The lowest BCUT2D eigenvalue weighted by atomic mass is 10.0. The second-order valence-electron chi connectivity index (χ2n) is 32.5. The molecule has 13 aromatic carbocycles. The minimum atomic E-state index is -3.73. The highest BCUT2D eigenvalue weighted by Crippen LogP contribution is 2.30. The Morgan fingerprint density at radius 1 is 0.343 bits per heavy atom. The minimum Gasteiger partial charge on any atom is -0.457 e. The fourth-order valence-electron chi connectivity index (χ4n) is 15.1. The van der Waals surface area contributed by atoms with Gasteiger partial charge >= 0.3 is 0 Å². The fraction of sp³-hybridized carbons (Fsp3) is 0.0982. The number of halogens is 1. The molecule has 6 N–H and O–H groups in total. The number of carbonyl (C=O) groups is 5. The summed E-state index contributed by atoms with van der Waals surface area (Å²) in [6, 6.07) is 94.5. The highest BCUT2D eigenvalue weighted by molar-refractivity contribution is 9.10.